The number of ether oxygens (including phenoxy) is 3. The number of nitrogens with one attached hydrogen (secondary N) is 4. The van der Waals surface area contributed by atoms with Crippen LogP contribution in [0.3, 0.4) is 0 Å². The first kappa shape index (κ1) is 58.1. The molecule has 0 bridgehead atoms. The van der Waals surface area contributed by atoms with E-state index >= 15 is 0 Å². The molecule has 0 fully saturated rings. The van der Waals surface area contributed by atoms with Crippen molar-refractivity contribution in [3.05, 3.63) is 88.0 Å². The highest BCUT2D eigenvalue weighted by atomic mass is 16.5. The zero-order chi connectivity index (χ0) is 53.3. The van der Waals surface area contributed by atoms with Gasteiger partial charge in [0.1, 0.15) is 17.2 Å². The van der Waals surface area contributed by atoms with Crippen LogP contribution in [-0.4, -0.2) is 125 Å². The van der Waals surface area contributed by atoms with Crippen LogP contribution in [0.25, 0.3) is 0 Å². The number of hydrogen-bond donors (Lipinski definition) is 10. The third-order valence-corrected chi connectivity index (χ3v) is 11.1. The number of rotatable bonds is 31. The summed E-state index contributed by atoms with van der Waals surface area (Å²) >= 11 is 0. The summed E-state index contributed by atoms with van der Waals surface area (Å²) in [5, 5.41) is 10.9. The molecule has 72 heavy (non-hydrogen) atoms. The first-order valence-corrected chi connectivity index (χ1v) is 23.2. The molecule has 0 unspecified atom stereocenters. The molecule has 0 spiro atoms. The number of benzene rings is 3. The molecule has 4 amide bonds. The maximum Gasteiger partial charge on any atom is 0.255 e. The fourth-order valence-corrected chi connectivity index (χ4v) is 7.37. The molecule has 23 nitrogen and oxygen atoms in total. The Bertz CT molecular complexity index is 2480. The predicted molar refractivity (Wildman–Crippen MR) is 273 cm³/mol. The average molecular weight is 1000 g/mol. The van der Waals surface area contributed by atoms with Crippen LogP contribution in [0, 0.1) is 0 Å². The number of nitrogens with zero attached hydrogens (tertiary/aromatic N) is 3. The molecule has 16 N–H and O–H groups in total. The molecular formula is C49H69N13O10. The molecule has 3 rings (SSSR count). The van der Waals surface area contributed by atoms with E-state index < -0.39 is 41.6 Å². The minimum atomic E-state index is -1.09. The smallest absolute Gasteiger partial charge is 0.255 e. The third kappa shape index (κ3) is 19.3. The van der Waals surface area contributed by atoms with Crippen molar-refractivity contribution in [1.29, 1.82) is 0 Å². The van der Waals surface area contributed by atoms with Gasteiger partial charge in [-0.1, -0.05) is 18.2 Å². The van der Waals surface area contributed by atoms with Crippen LogP contribution in [0.2, 0.25) is 0 Å². The van der Waals surface area contributed by atoms with Gasteiger partial charge in [-0.3, -0.25) is 48.5 Å². The summed E-state index contributed by atoms with van der Waals surface area (Å²) in [4.78, 5) is 106. The molecule has 0 heterocycles. The van der Waals surface area contributed by atoms with Gasteiger partial charge in [0, 0.05) is 52.4 Å². The fraction of sp³-hybridized carbons (Fsp3) is 0.429. The van der Waals surface area contributed by atoms with E-state index in [0.717, 1.165) is 0 Å². The van der Waals surface area contributed by atoms with Crippen molar-refractivity contribution in [3.63, 3.8) is 0 Å². The molecule has 0 radical (unpaired) electrons. The molecule has 0 saturated carbocycles. The summed E-state index contributed by atoms with van der Waals surface area (Å²) in [6.07, 6.45) is 1.61. The Labute approximate surface area is 418 Å². The Morgan fingerprint density at radius 1 is 0.500 bits per heavy atom. The molecule has 0 saturated heterocycles. The number of carbonyl (C=O) groups is 7. The van der Waals surface area contributed by atoms with Crippen LogP contribution in [0.1, 0.15) is 99.6 Å². The lowest BCUT2D eigenvalue weighted by atomic mass is 9.96. The zero-order valence-corrected chi connectivity index (χ0v) is 41.5. The van der Waals surface area contributed by atoms with E-state index in [-0.39, 0.29) is 115 Å². The minimum Gasteiger partial charge on any atom is -0.496 e. The lowest BCUT2D eigenvalue weighted by Crippen LogP contribution is -2.42. The first-order chi connectivity index (χ1) is 34.3. The van der Waals surface area contributed by atoms with Crippen molar-refractivity contribution in [3.8, 4) is 17.2 Å². The van der Waals surface area contributed by atoms with Gasteiger partial charge in [0.25, 0.3) is 17.7 Å². The second kappa shape index (κ2) is 29.7. The van der Waals surface area contributed by atoms with Crippen molar-refractivity contribution >= 4 is 58.9 Å². The maximum absolute atomic E-state index is 14.2. The van der Waals surface area contributed by atoms with Crippen molar-refractivity contribution in [2.45, 2.75) is 89.3 Å². The summed E-state index contributed by atoms with van der Waals surface area (Å²) in [6, 6.07) is 11.0. The molecule has 23 heteroatoms. The van der Waals surface area contributed by atoms with Gasteiger partial charge in [-0.15, -0.1) is 0 Å². The van der Waals surface area contributed by atoms with E-state index in [0.29, 0.717) is 54.7 Å². The van der Waals surface area contributed by atoms with E-state index in [1.807, 2.05) is 0 Å². The highest BCUT2D eigenvalue weighted by Crippen LogP contribution is 2.25. The maximum atomic E-state index is 14.2. The van der Waals surface area contributed by atoms with E-state index in [1.54, 1.807) is 37.3 Å². The minimum absolute atomic E-state index is 0.0222. The van der Waals surface area contributed by atoms with Gasteiger partial charge in [0.15, 0.2) is 35.2 Å². The summed E-state index contributed by atoms with van der Waals surface area (Å²) in [6.45, 7) is 2.29. The van der Waals surface area contributed by atoms with Gasteiger partial charge in [-0.05, 0) is 98.5 Å². The normalized spacial score (nSPS) is 11.8. The molecule has 3 aromatic carbocycles. The van der Waals surface area contributed by atoms with E-state index in [4.69, 9.17) is 48.6 Å². The van der Waals surface area contributed by atoms with Crippen LogP contribution >= 0.6 is 0 Å². The summed E-state index contributed by atoms with van der Waals surface area (Å²) in [5.74, 6) is -2.86. The second-order valence-electron chi connectivity index (χ2n) is 16.6. The summed E-state index contributed by atoms with van der Waals surface area (Å²) < 4.78 is 16.3. The van der Waals surface area contributed by atoms with Gasteiger partial charge in [-0.25, -0.2) is 0 Å². The molecule has 3 atom stereocenters. The van der Waals surface area contributed by atoms with E-state index in [9.17, 15) is 33.6 Å². The van der Waals surface area contributed by atoms with Gasteiger partial charge >= 0.3 is 0 Å². The number of Topliss-reactive ketones (excluding diaryl/α,β-unsaturated/α-hetero) is 3. The van der Waals surface area contributed by atoms with E-state index in [2.05, 4.69) is 36.2 Å². The Kier molecular flexibility index (Phi) is 24.0. The largest absolute Gasteiger partial charge is 0.496 e. The monoisotopic (exact) mass is 1000 g/mol. The fourth-order valence-electron chi connectivity index (χ4n) is 7.37. The van der Waals surface area contributed by atoms with Crippen LogP contribution < -0.4 is 69.9 Å². The van der Waals surface area contributed by atoms with Crippen LogP contribution in [0.4, 0.5) is 0 Å². The molecule has 0 aromatic heterocycles. The number of unbranched alkanes of at least 4 members (excludes halogenated alkanes) is 1. The molecule has 0 aliphatic heterocycles. The van der Waals surface area contributed by atoms with Gasteiger partial charge in [-0.2, -0.15) is 0 Å². The van der Waals surface area contributed by atoms with Crippen molar-refractivity contribution in [2.75, 3.05) is 48.0 Å². The second-order valence-corrected chi connectivity index (χ2v) is 16.6. The van der Waals surface area contributed by atoms with E-state index in [1.165, 1.54) is 52.6 Å². The van der Waals surface area contributed by atoms with Gasteiger partial charge in [0.2, 0.25) is 5.91 Å². The Balaban J connectivity index is 1.86. The number of nitrogens with two attached hydrogens (primary N) is 6. The zero-order valence-electron chi connectivity index (χ0n) is 41.5. The molecule has 3 aromatic rings. The van der Waals surface area contributed by atoms with Crippen LogP contribution in [-0.2, 0) is 38.4 Å². The lowest BCUT2D eigenvalue weighted by Gasteiger charge is -2.20. The Morgan fingerprint density at radius 2 is 0.861 bits per heavy atom. The molecule has 0 aliphatic rings. The molecule has 0 aliphatic carbocycles. The number of methoxy groups -OCH3 is 3. The van der Waals surface area contributed by atoms with Gasteiger partial charge < -0.3 is 69.9 Å². The highest BCUT2D eigenvalue weighted by Gasteiger charge is 2.27. The summed E-state index contributed by atoms with van der Waals surface area (Å²) in [5.41, 5.74) is 34.4. The van der Waals surface area contributed by atoms with Crippen LogP contribution in [0.15, 0.2) is 69.6 Å². The van der Waals surface area contributed by atoms with Crippen molar-refractivity contribution < 1.29 is 47.8 Å². The lowest BCUT2D eigenvalue weighted by molar-refractivity contribution is -0.127. The quantitative estimate of drug-likeness (QED) is 0.0231. The predicted octanol–water partition coefficient (Wildman–Crippen LogP) is 0.0596. The number of hydrogen-bond acceptors (Lipinski definition) is 13. The first-order valence-electron chi connectivity index (χ1n) is 23.2. The standard InChI is InChI=1S/C49H69N13O10/c1-28(60-43(66)12-6-7-19-57-47(50)51)37(63)25-29-13-17-41(71-4)33(23-29)45(68)61-36(11-9-21-59-49(54)55)39(65)27-31-15-18-42(72-5)34(24-31)46(69)62-35(10-8-20-58-48(52)53)38(64)26-30-14-16-40(70-3)32(22-30)44(67)56-2/h13-18,22-24,28,35-36H,6-12,19-21,25-27H2,1-5H3,(H,56,67)(H,60,66)(H,61,68)(H,62,69)(H4,50,51,57)(H4,52,53,58)(H4,54,55,59)/t28-,35-,36-/m0/s1. The number of carbonyl (C=O) groups excluding carboxylic acids is 7. The Morgan fingerprint density at radius 3 is 1.22 bits per heavy atom. The average Bonchev–Trinajstić information content (AvgIpc) is 3.34. The third-order valence-electron chi connectivity index (χ3n) is 11.1. The SMILES string of the molecule is CNC(=O)c1cc(CC(=O)[C@H](CCCN=C(N)N)NC(=O)c2cc(CC(=O)[C@H](CCCN=C(N)N)NC(=O)c3cc(CC(=O)[C@H](C)NC(=O)CCCCN=C(N)N)ccc3OC)ccc2OC)ccc1OC. The van der Waals surface area contributed by atoms with Crippen LogP contribution in [0.5, 0.6) is 17.2 Å². The highest BCUT2D eigenvalue weighted by molar-refractivity contribution is 6.03. The van der Waals surface area contributed by atoms with Crippen molar-refractivity contribution in [2.24, 2.45) is 49.4 Å². The Hall–Kier alpha value is -8.24. The number of guanidine groups is 3. The summed E-state index contributed by atoms with van der Waals surface area (Å²) in [7, 11) is 5.63. The number of ketones is 3. The number of amides is 4. The number of aliphatic imine (C=N–C) groups is 3. The topological polar surface area (TPSA) is 388 Å². The molecular weight excluding hydrogens is 931 g/mol. The van der Waals surface area contributed by atoms with Crippen molar-refractivity contribution in [1.82, 2.24) is 21.3 Å². The molecule has 390 valence electrons. The van der Waals surface area contributed by atoms with Gasteiger partial charge in [0.05, 0.1) is 56.1 Å².